The highest BCUT2D eigenvalue weighted by atomic mass is 16.2. The largest absolute Gasteiger partial charge is 0.369 e. The SMILES string of the molecule is CNC(=O)c1ccnc2c([C@H](C)CNc3cc(-c4ccc(C(=O)N5CCN(C)CC5)cc4)ncn3)cccc12. The van der Waals surface area contributed by atoms with Crippen LogP contribution in [0.4, 0.5) is 5.82 Å². The minimum Gasteiger partial charge on any atom is -0.369 e. The zero-order valence-electron chi connectivity index (χ0n) is 22.5. The fourth-order valence-corrected chi connectivity index (χ4v) is 4.88. The zero-order chi connectivity index (χ0) is 27.4. The standard InChI is InChI=1S/C30H33N7O2/c1-20(23-5-4-6-24-25(29(38)31-2)11-12-32-28(23)24)18-33-27-17-26(34-19-35-27)21-7-9-22(10-8-21)30(39)37-15-13-36(3)14-16-37/h4-12,17,19-20H,13-16,18H2,1-3H3,(H,31,38)(H,33,34,35)/t20-/m1/s1. The lowest BCUT2D eigenvalue weighted by atomic mass is 9.96. The number of likely N-dealkylation sites (N-methyl/N-ethyl adjacent to an activating group) is 1. The number of amides is 2. The molecule has 0 spiro atoms. The Bertz CT molecular complexity index is 1480. The second-order valence-corrected chi connectivity index (χ2v) is 9.92. The first kappa shape index (κ1) is 26.2. The smallest absolute Gasteiger partial charge is 0.253 e. The van der Waals surface area contributed by atoms with Gasteiger partial charge in [0.25, 0.3) is 11.8 Å². The lowest BCUT2D eigenvalue weighted by molar-refractivity contribution is 0.0664. The number of nitrogens with zero attached hydrogens (tertiary/aromatic N) is 5. The Hall–Kier alpha value is -4.37. The molecule has 1 atom stereocenters. The molecule has 3 heterocycles. The number of rotatable bonds is 7. The van der Waals surface area contributed by atoms with Crippen LogP contribution in [0.3, 0.4) is 0 Å². The summed E-state index contributed by atoms with van der Waals surface area (Å²) in [7, 11) is 3.70. The molecule has 200 valence electrons. The number of para-hydroxylation sites is 1. The first-order valence-electron chi connectivity index (χ1n) is 13.2. The van der Waals surface area contributed by atoms with Gasteiger partial charge in [-0.3, -0.25) is 14.6 Å². The molecule has 4 aromatic rings. The van der Waals surface area contributed by atoms with Gasteiger partial charge in [-0.15, -0.1) is 0 Å². The van der Waals surface area contributed by atoms with Gasteiger partial charge in [0.1, 0.15) is 12.1 Å². The number of fused-ring (bicyclic) bond motifs is 1. The summed E-state index contributed by atoms with van der Waals surface area (Å²) in [5.74, 6) is 0.762. The van der Waals surface area contributed by atoms with Crippen LogP contribution in [0.25, 0.3) is 22.2 Å². The number of piperazine rings is 1. The van der Waals surface area contributed by atoms with Gasteiger partial charge in [-0.1, -0.05) is 37.3 Å². The molecular formula is C30H33N7O2. The second-order valence-electron chi connectivity index (χ2n) is 9.92. The fraction of sp³-hybridized carbons (Fsp3) is 0.300. The van der Waals surface area contributed by atoms with Crippen molar-refractivity contribution in [2.75, 3.05) is 52.1 Å². The van der Waals surface area contributed by atoms with Gasteiger partial charge in [0.15, 0.2) is 0 Å². The van der Waals surface area contributed by atoms with E-state index in [-0.39, 0.29) is 17.7 Å². The van der Waals surface area contributed by atoms with Crippen molar-refractivity contribution >= 4 is 28.5 Å². The summed E-state index contributed by atoms with van der Waals surface area (Å²) < 4.78 is 0. The first-order chi connectivity index (χ1) is 18.9. The molecule has 2 N–H and O–H groups in total. The third kappa shape index (κ3) is 5.73. The summed E-state index contributed by atoms with van der Waals surface area (Å²) >= 11 is 0. The van der Waals surface area contributed by atoms with Crippen molar-refractivity contribution in [3.63, 3.8) is 0 Å². The Morgan fingerprint density at radius 3 is 2.49 bits per heavy atom. The van der Waals surface area contributed by atoms with Crippen LogP contribution in [-0.4, -0.2) is 83.4 Å². The van der Waals surface area contributed by atoms with Gasteiger partial charge in [-0.2, -0.15) is 0 Å². The Balaban J connectivity index is 1.27. The van der Waals surface area contributed by atoms with E-state index < -0.39 is 0 Å². The maximum Gasteiger partial charge on any atom is 0.253 e. The fourth-order valence-electron chi connectivity index (χ4n) is 4.88. The molecule has 0 saturated carbocycles. The van der Waals surface area contributed by atoms with Crippen LogP contribution in [0.2, 0.25) is 0 Å². The summed E-state index contributed by atoms with van der Waals surface area (Å²) in [6.45, 7) is 6.04. The van der Waals surface area contributed by atoms with Gasteiger partial charge < -0.3 is 20.4 Å². The van der Waals surface area contributed by atoms with E-state index in [2.05, 4.69) is 44.5 Å². The molecule has 2 amide bonds. The molecule has 0 aliphatic carbocycles. The Morgan fingerprint density at radius 1 is 0.974 bits per heavy atom. The third-order valence-corrected chi connectivity index (χ3v) is 7.28. The number of pyridine rings is 1. The predicted octanol–water partition coefficient (Wildman–Crippen LogP) is 3.65. The van der Waals surface area contributed by atoms with E-state index in [4.69, 9.17) is 0 Å². The van der Waals surface area contributed by atoms with Crippen molar-refractivity contribution in [3.05, 3.63) is 83.8 Å². The average Bonchev–Trinajstić information content (AvgIpc) is 2.99. The second kappa shape index (κ2) is 11.6. The van der Waals surface area contributed by atoms with Crippen LogP contribution < -0.4 is 10.6 Å². The van der Waals surface area contributed by atoms with Crippen molar-refractivity contribution in [2.45, 2.75) is 12.8 Å². The highest BCUT2D eigenvalue weighted by molar-refractivity contribution is 6.06. The number of carbonyl (C=O) groups is 2. The average molecular weight is 524 g/mol. The minimum atomic E-state index is -0.129. The maximum atomic E-state index is 12.9. The van der Waals surface area contributed by atoms with Crippen LogP contribution in [0.5, 0.6) is 0 Å². The monoisotopic (exact) mass is 523 g/mol. The number of carbonyl (C=O) groups excluding carboxylic acids is 2. The molecule has 0 unspecified atom stereocenters. The molecule has 0 bridgehead atoms. The van der Waals surface area contributed by atoms with Crippen molar-refractivity contribution in [2.24, 2.45) is 0 Å². The van der Waals surface area contributed by atoms with E-state index in [1.165, 1.54) is 0 Å². The zero-order valence-corrected chi connectivity index (χ0v) is 22.5. The number of hydrogen-bond donors (Lipinski definition) is 2. The van der Waals surface area contributed by atoms with Crippen molar-refractivity contribution in [3.8, 4) is 11.3 Å². The molecule has 0 radical (unpaired) electrons. The number of aromatic nitrogens is 3. The van der Waals surface area contributed by atoms with Crippen molar-refractivity contribution < 1.29 is 9.59 Å². The van der Waals surface area contributed by atoms with E-state index in [1.54, 1.807) is 25.6 Å². The van der Waals surface area contributed by atoms with Crippen LogP contribution >= 0.6 is 0 Å². The summed E-state index contributed by atoms with van der Waals surface area (Å²) in [6, 6.07) is 17.2. The third-order valence-electron chi connectivity index (χ3n) is 7.28. The molecule has 39 heavy (non-hydrogen) atoms. The molecule has 2 aromatic heterocycles. The molecule has 1 aliphatic rings. The van der Waals surface area contributed by atoms with Gasteiger partial charge in [0.2, 0.25) is 0 Å². The topological polar surface area (TPSA) is 103 Å². The van der Waals surface area contributed by atoms with E-state index >= 15 is 0 Å². The molecule has 9 nitrogen and oxygen atoms in total. The molecule has 5 rings (SSSR count). The number of benzene rings is 2. The summed E-state index contributed by atoms with van der Waals surface area (Å²) in [6.07, 6.45) is 3.22. The Labute approximate surface area is 228 Å². The first-order valence-corrected chi connectivity index (χ1v) is 13.2. The minimum absolute atomic E-state index is 0.0686. The van der Waals surface area contributed by atoms with Crippen LogP contribution in [0, 0.1) is 0 Å². The van der Waals surface area contributed by atoms with Crippen LogP contribution in [-0.2, 0) is 0 Å². The van der Waals surface area contributed by atoms with E-state index in [0.29, 0.717) is 23.5 Å². The molecule has 1 fully saturated rings. The Morgan fingerprint density at radius 2 is 1.74 bits per heavy atom. The highest BCUT2D eigenvalue weighted by Gasteiger charge is 2.20. The van der Waals surface area contributed by atoms with Gasteiger partial charge in [0.05, 0.1) is 16.8 Å². The summed E-state index contributed by atoms with van der Waals surface area (Å²) in [5, 5.41) is 6.95. The molecule has 9 heteroatoms. The quantitative estimate of drug-likeness (QED) is 0.381. The predicted molar refractivity (Wildman–Crippen MR) is 153 cm³/mol. The lowest BCUT2D eigenvalue weighted by Crippen LogP contribution is -2.47. The lowest BCUT2D eigenvalue weighted by Gasteiger charge is -2.32. The van der Waals surface area contributed by atoms with Gasteiger partial charge in [0, 0.05) is 74.5 Å². The molecule has 1 aliphatic heterocycles. The van der Waals surface area contributed by atoms with Crippen LogP contribution in [0.15, 0.2) is 67.1 Å². The van der Waals surface area contributed by atoms with Crippen molar-refractivity contribution in [1.82, 2.24) is 30.1 Å². The number of anilines is 1. The molecule has 2 aromatic carbocycles. The van der Waals surface area contributed by atoms with E-state index in [9.17, 15) is 9.59 Å². The van der Waals surface area contributed by atoms with Crippen molar-refractivity contribution in [1.29, 1.82) is 0 Å². The number of hydrogen-bond acceptors (Lipinski definition) is 7. The van der Waals surface area contributed by atoms with Gasteiger partial charge in [-0.25, -0.2) is 9.97 Å². The number of nitrogens with one attached hydrogen (secondary N) is 2. The van der Waals surface area contributed by atoms with E-state index in [0.717, 1.165) is 53.9 Å². The summed E-state index contributed by atoms with van der Waals surface area (Å²) in [4.78, 5) is 42.8. The van der Waals surface area contributed by atoms with Gasteiger partial charge >= 0.3 is 0 Å². The van der Waals surface area contributed by atoms with Gasteiger partial charge in [-0.05, 0) is 30.8 Å². The molecular weight excluding hydrogens is 490 g/mol. The van der Waals surface area contributed by atoms with Crippen LogP contribution in [0.1, 0.15) is 39.1 Å². The maximum absolute atomic E-state index is 12.9. The highest BCUT2D eigenvalue weighted by Crippen LogP contribution is 2.27. The van der Waals surface area contributed by atoms with E-state index in [1.807, 2.05) is 53.4 Å². The summed E-state index contributed by atoms with van der Waals surface area (Å²) in [5.41, 5.74) is 4.88. The Kier molecular flexibility index (Phi) is 7.79. The molecule has 1 saturated heterocycles. The normalized spacial score (nSPS) is 14.7.